The standard InChI is InChI=1S/C19H15ClN2O4/c20-13-8-6-12(7-9-13)17(24)14(16-18(21)22-26-19(16)25)10-15(23)11-4-2-1-3-5-11/h1-9,14,16H,10H2,(H2,21,22). The van der Waals surface area contributed by atoms with E-state index in [2.05, 4.69) is 9.99 Å². The molecule has 0 saturated heterocycles. The van der Waals surface area contributed by atoms with Gasteiger partial charge in [0, 0.05) is 22.6 Å². The van der Waals surface area contributed by atoms with E-state index in [1.807, 2.05) is 0 Å². The average Bonchev–Trinajstić information content (AvgIpc) is 2.99. The van der Waals surface area contributed by atoms with Crippen molar-refractivity contribution in [3.8, 4) is 0 Å². The van der Waals surface area contributed by atoms with Crippen molar-refractivity contribution in [3.05, 3.63) is 70.7 Å². The van der Waals surface area contributed by atoms with Crippen molar-refractivity contribution in [2.75, 3.05) is 0 Å². The van der Waals surface area contributed by atoms with Gasteiger partial charge in [0.1, 0.15) is 5.92 Å². The number of nitrogens with zero attached hydrogens (tertiary/aromatic N) is 1. The molecule has 26 heavy (non-hydrogen) atoms. The third kappa shape index (κ3) is 3.65. The molecule has 0 saturated carbocycles. The van der Waals surface area contributed by atoms with Crippen LogP contribution in [0.1, 0.15) is 27.1 Å². The molecule has 1 aliphatic rings. The number of hydrogen-bond acceptors (Lipinski definition) is 6. The number of hydrogen-bond donors (Lipinski definition) is 1. The van der Waals surface area contributed by atoms with Crippen molar-refractivity contribution in [1.29, 1.82) is 0 Å². The second kappa shape index (κ2) is 7.49. The Kier molecular flexibility index (Phi) is 5.14. The number of ketones is 2. The zero-order valence-corrected chi connectivity index (χ0v) is 14.3. The molecular weight excluding hydrogens is 356 g/mol. The molecule has 0 amide bonds. The van der Waals surface area contributed by atoms with E-state index in [-0.39, 0.29) is 18.0 Å². The Morgan fingerprint density at radius 2 is 1.73 bits per heavy atom. The number of benzene rings is 2. The van der Waals surface area contributed by atoms with Crippen LogP contribution in [0.2, 0.25) is 5.02 Å². The Balaban J connectivity index is 1.93. The lowest BCUT2D eigenvalue weighted by atomic mass is 9.80. The highest BCUT2D eigenvalue weighted by Crippen LogP contribution is 2.28. The van der Waals surface area contributed by atoms with Gasteiger partial charge < -0.3 is 10.6 Å². The fourth-order valence-electron chi connectivity index (χ4n) is 2.83. The summed E-state index contributed by atoms with van der Waals surface area (Å²) >= 11 is 5.86. The van der Waals surface area contributed by atoms with Gasteiger partial charge in [-0.25, -0.2) is 4.79 Å². The van der Waals surface area contributed by atoms with Gasteiger partial charge >= 0.3 is 5.97 Å². The average molecular weight is 371 g/mol. The van der Waals surface area contributed by atoms with E-state index < -0.39 is 23.6 Å². The lowest BCUT2D eigenvalue weighted by Crippen LogP contribution is -2.38. The van der Waals surface area contributed by atoms with Gasteiger partial charge in [0.05, 0.1) is 5.92 Å². The molecule has 3 rings (SSSR count). The van der Waals surface area contributed by atoms with Gasteiger partial charge in [0.2, 0.25) is 0 Å². The second-order valence-electron chi connectivity index (χ2n) is 5.88. The zero-order chi connectivity index (χ0) is 18.7. The molecule has 2 N–H and O–H groups in total. The first-order valence-corrected chi connectivity index (χ1v) is 8.27. The van der Waals surface area contributed by atoms with Crippen molar-refractivity contribution in [2.45, 2.75) is 6.42 Å². The summed E-state index contributed by atoms with van der Waals surface area (Å²) in [5.41, 5.74) is 6.52. The van der Waals surface area contributed by atoms with Crippen molar-refractivity contribution in [2.24, 2.45) is 22.7 Å². The van der Waals surface area contributed by atoms with Gasteiger partial charge in [-0.1, -0.05) is 47.1 Å². The van der Waals surface area contributed by atoms with Crippen LogP contribution in [0.4, 0.5) is 0 Å². The van der Waals surface area contributed by atoms with Gasteiger partial charge in [0.25, 0.3) is 0 Å². The first-order chi connectivity index (χ1) is 12.5. The fourth-order valence-corrected chi connectivity index (χ4v) is 2.96. The van der Waals surface area contributed by atoms with E-state index in [0.29, 0.717) is 16.1 Å². The SMILES string of the molecule is NC1=NOC(=O)C1C(CC(=O)c1ccccc1)C(=O)c1ccc(Cl)cc1. The molecule has 2 aromatic rings. The predicted octanol–water partition coefficient (Wildman–Crippen LogP) is 2.86. The smallest absolute Gasteiger partial charge is 0.346 e. The second-order valence-corrected chi connectivity index (χ2v) is 6.31. The van der Waals surface area contributed by atoms with E-state index in [9.17, 15) is 14.4 Å². The Morgan fingerprint density at radius 3 is 2.31 bits per heavy atom. The third-order valence-corrected chi connectivity index (χ3v) is 4.43. The number of nitrogens with two attached hydrogens (primary N) is 1. The first kappa shape index (κ1) is 17.8. The number of halogens is 1. The minimum Gasteiger partial charge on any atom is -0.384 e. The minimum absolute atomic E-state index is 0.108. The molecule has 0 aromatic heterocycles. The molecule has 0 fully saturated rings. The lowest BCUT2D eigenvalue weighted by molar-refractivity contribution is -0.144. The van der Waals surface area contributed by atoms with Crippen LogP contribution in [0.25, 0.3) is 0 Å². The maximum atomic E-state index is 13.0. The molecule has 1 heterocycles. The van der Waals surface area contributed by atoms with Crippen molar-refractivity contribution in [3.63, 3.8) is 0 Å². The predicted molar refractivity (Wildman–Crippen MR) is 95.9 cm³/mol. The molecule has 0 radical (unpaired) electrons. The molecule has 132 valence electrons. The summed E-state index contributed by atoms with van der Waals surface area (Å²) in [4.78, 5) is 42.2. The van der Waals surface area contributed by atoms with E-state index in [1.165, 1.54) is 12.1 Å². The number of Topliss-reactive ketones (excluding diaryl/α,β-unsaturated/α-hetero) is 2. The lowest BCUT2D eigenvalue weighted by Gasteiger charge is -2.19. The van der Waals surface area contributed by atoms with Crippen LogP contribution >= 0.6 is 11.6 Å². The summed E-state index contributed by atoms with van der Waals surface area (Å²) in [5, 5.41) is 3.92. The summed E-state index contributed by atoms with van der Waals surface area (Å²) in [7, 11) is 0. The molecule has 6 nitrogen and oxygen atoms in total. The number of carbonyl (C=O) groups is 3. The number of oxime groups is 1. The maximum Gasteiger partial charge on any atom is 0.346 e. The van der Waals surface area contributed by atoms with Crippen LogP contribution in [0.3, 0.4) is 0 Å². The molecule has 2 atom stereocenters. The molecule has 1 aliphatic heterocycles. The Hall–Kier alpha value is -2.99. The number of amidine groups is 1. The Morgan fingerprint density at radius 1 is 1.08 bits per heavy atom. The maximum absolute atomic E-state index is 13.0. The highest BCUT2D eigenvalue weighted by Gasteiger charge is 2.43. The molecule has 7 heteroatoms. The van der Waals surface area contributed by atoms with Gasteiger partial charge in [-0.3, -0.25) is 9.59 Å². The number of rotatable bonds is 6. The summed E-state index contributed by atoms with van der Waals surface area (Å²) in [6.45, 7) is 0. The van der Waals surface area contributed by atoms with Crippen LogP contribution in [0, 0.1) is 11.8 Å². The summed E-state index contributed by atoms with van der Waals surface area (Å²) in [5.74, 6) is -3.62. The van der Waals surface area contributed by atoms with Crippen LogP contribution in [-0.2, 0) is 9.63 Å². The summed E-state index contributed by atoms with van der Waals surface area (Å²) < 4.78 is 0. The van der Waals surface area contributed by atoms with Gasteiger partial charge in [0.15, 0.2) is 17.4 Å². The van der Waals surface area contributed by atoms with Crippen LogP contribution in [0.15, 0.2) is 59.8 Å². The Labute approximate surface area is 154 Å². The monoisotopic (exact) mass is 370 g/mol. The highest BCUT2D eigenvalue weighted by atomic mass is 35.5. The van der Waals surface area contributed by atoms with E-state index in [0.717, 1.165) is 0 Å². The molecule has 0 spiro atoms. The van der Waals surface area contributed by atoms with Crippen LogP contribution in [-0.4, -0.2) is 23.4 Å². The zero-order valence-electron chi connectivity index (χ0n) is 13.6. The minimum atomic E-state index is -1.09. The van der Waals surface area contributed by atoms with E-state index in [1.54, 1.807) is 42.5 Å². The normalized spacial score (nSPS) is 17.3. The van der Waals surface area contributed by atoms with Crippen LogP contribution < -0.4 is 5.73 Å². The van der Waals surface area contributed by atoms with Crippen LogP contribution in [0.5, 0.6) is 0 Å². The fraction of sp³-hybridized carbons (Fsp3) is 0.158. The molecule has 0 aliphatic carbocycles. The number of carbonyl (C=O) groups excluding carboxylic acids is 3. The third-order valence-electron chi connectivity index (χ3n) is 4.18. The first-order valence-electron chi connectivity index (χ1n) is 7.89. The molecule has 2 unspecified atom stereocenters. The van der Waals surface area contributed by atoms with Gasteiger partial charge in [-0.2, -0.15) is 0 Å². The molecular formula is C19H15ClN2O4. The molecule has 0 bridgehead atoms. The topological polar surface area (TPSA) is 98.8 Å². The summed E-state index contributed by atoms with van der Waals surface area (Å²) in [6.07, 6.45) is -0.193. The van der Waals surface area contributed by atoms with E-state index in [4.69, 9.17) is 17.3 Å². The highest BCUT2D eigenvalue weighted by molar-refractivity contribution is 6.30. The van der Waals surface area contributed by atoms with Gasteiger partial charge in [-0.15, -0.1) is 0 Å². The van der Waals surface area contributed by atoms with Crippen molar-refractivity contribution in [1.82, 2.24) is 0 Å². The molecule has 2 aromatic carbocycles. The van der Waals surface area contributed by atoms with Crippen molar-refractivity contribution < 1.29 is 19.2 Å². The van der Waals surface area contributed by atoms with E-state index >= 15 is 0 Å². The Bertz CT molecular complexity index is 878. The van der Waals surface area contributed by atoms with Gasteiger partial charge in [-0.05, 0) is 24.3 Å². The summed E-state index contributed by atoms with van der Waals surface area (Å²) in [6, 6.07) is 14.7. The van der Waals surface area contributed by atoms with Crippen molar-refractivity contribution >= 4 is 35.0 Å². The quantitative estimate of drug-likeness (QED) is 0.622. The largest absolute Gasteiger partial charge is 0.384 e.